The lowest BCUT2D eigenvalue weighted by Crippen LogP contribution is -2.50. The summed E-state index contributed by atoms with van der Waals surface area (Å²) >= 11 is 0. The highest BCUT2D eigenvalue weighted by Crippen LogP contribution is 2.32. The van der Waals surface area contributed by atoms with E-state index in [9.17, 15) is 4.79 Å². The first-order valence-electron chi connectivity index (χ1n) is 8.35. The molecule has 1 aromatic carbocycles. The van der Waals surface area contributed by atoms with E-state index in [1.54, 1.807) is 0 Å². The predicted octanol–water partition coefficient (Wildman–Crippen LogP) is 1.06. The van der Waals surface area contributed by atoms with Crippen LogP contribution in [0.5, 0.6) is 11.5 Å². The first-order chi connectivity index (χ1) is 11.3. The van der Waals surface area contributed by atoms with Crippen LogP contribution in [0, 0.1) is 0 Å². The van der Waals surface area contributed by atoms with Crippen LogP contribution in [0.1, 0.15) is 18.9 Å². The molecule has 126 valence electrons. The summed E-state index contributed by atoms with van der Waals surface area (Å²) in [5, 5.41) is 3.18. The van der Waals surface area contributed by atoms with Gasteiger partial charge in [-0.15, -0.1) is 0 Å². The average Bonchev–Trinajstić information content (AvgIpc) is 3.03. The standard InChI is InChI=1S/C17H25N3O3/c1-2-5-18-11-17(21)20-8-6-19(7-9-20)12-14-3-4-15-16(10-14)23-13-22-15/h3-4,10,18H,2,5-9,11-13H2,1H3. The summed E-state index contributed by atoms with van der Waals surface area (Å²) in [6.07, 6.45) is 1.05. The zero-order chi connectivity index (χ0) is 16.1. The summed E-state index contributed by atoms with van der Waals surface area (Å²) in [5.41, 5.74) is 1.22. The van der Waals surface area contributed by atoms with Crippen molar-refractivity contribution in [1.29, 1.82) is 0 Å². The van der Waals surface area contributed by atoms with Gasteiger partial charge in [0.1, 0.15) is 0 Å². The zero-order valence-corrected chi connectivity index (χ0v) is 13.7. The average molecular weight is 319 g/mol. The maximum absolute atomic E-state index is 12.1. The molecule has 0 saturated carbocycles. The maximum atomic E-state index is 12.1. The van der Waals surface area contributed by atoms with Gasteiger partial charge in [0.2, 0.25) is 12.7 Å². The molecule has 3 rings (SSSR count). The smallest absolute Gasteiger partial charge is 0.236 e. The molecule has 0 radical (unpaired) electrons. The van der Waals surface area contributed by atoms with Gasteiger partial charge in [-0.3, -0.25) is 9.69 Å². The molecule has 0 bridgehead atoms. The van der Waals surface area contributed by atoms with Gasteiger partial charge in [0.15, 0.2) is 11.5 Å². The molecule has 0 atom stereocenters. The highest BCUT2D eigenvalue weighted by Gasteiger charge is 2.21. The molecule has 1 aromatic rings. The Hall–Kier alpha value is -1.79. The Morgan fingerprint density at radius 3 is 2.74 bits per heavy atom. The van der Waals surface area contributed by atoms with E-state index in [4.69, 9.17) is 9.47 Å². The summed E-state index contributed by atoms with van der Waals surface area (Å²) in [5.74, 6) is 1.86. The fraction of sp³-hybridized carbons (Fsp3) is 0.588. The number of benzene rings is 1. The fourth-order valence-corrected chi connectivity index (χ4v) is 2.94. The second-order valence-electron chi connectivity index (χ2n) is 6.02. The van der Waals surface area contributed by atoms with E-state index in [1.165, 1.54) is 5.56 Å². The first-order valence-corrected chi connectivity index (χ1v) is 8.35. The van der Waals surface area contributed by atoms with E-state index in [1.807, 2.05) is 11.0 Å². The largest absolute Gasteiger partial charge is 0.454 e. The number of nitrogens with zero attached hydrogens (tertiary/aromatic N) is 2. The van der Waals surface area contributed by atoms with Crippen molar-refractivity contribution in [3.63, 3.8) is 0 Å². The van der Waals surface area contributed by atoms with Crippen LogP contribution in [0.4, 0.5) is 0 Å². The topological polar surface area (TPSA) is 54.0 Å². The fourth-order valence-electron chi connectivity index (χ4n) is 2.94. The van der Waals surface area contributed by atoms with Gasteiger partial charge in [-0.1, -0.05) is 13.0 Å². The number of fused-ring (bicyclic) bond motifs is 1. The molecule has 1 saturated heterocycles. The number of carbonyl (C=O) groups excluding carboxylic acids is 1. The van der Waals surface area contributed by atoms with Crippen LogP contribution in [-0.2, 0) is 11.3 Å². The third kappa shape index (κ3) is 4.14. The molecule has 0 spiro atoms. The van der Waals surface area contributed by atoms with Gasteiger partial charge in [0.05, 0.1) is 6.54 Å². The van der Waals surface area contributed by atoms with Crippen molar-refractivity contribution >= 4 is 5.91 Å². The van der Waals surface area contributed by atoms with Crippen molar-refractivity contribution in [2.45, 2.75) is 19.9 Å². The van der Waals surface area contributed by atoms with Gasteiger partial charge in [-0.2, -0.15) is 0 Å². The minimum absolute atomic E-state index is 0.209. The quantitative estimate of drug-likeness (QED) is 0.795. The Morgan fingerprint density at radius 2 is 1.96 bits per heavy atom. The van der Waals surface area contributed by atoms with Crippen molar-refractivity contribution < 1.29 is 14.3 Å². The molecule has 0 aromatic heterocycles. The van der Waals surface area contributed by atoms with E-state index in [0.29, 0.717) is 13.3 Å². The number of amides is 1. The van der Waals surface area contributed by atoms with E-state index in [2.05, 4.69) is 29.3 Å². The maximum Gasteiger partial charge on any atom is 0.236 e. The van der Waals surface area contributed by atoms with Crippen LogP contribution in [0.3, 0.4) is 0 Å². The van der Waals surface area contributed by atoms with E-state index in [-0.39, 0.29) is 5.91 Å². The summed E-state index contributed by atoms with van der Waals surface area (Å²) in [7, 11) is 0. The zero-order valence-electron chi connectivity index (χ0n) is 13.7. The number of ether oxygens (including phenoxy) is 2. The predicted molar refractivity (Wildman–Crippen MR) is 87.6 cm³/mol. The van der Waals surface area contributed by atoms with Crippen LogP contribution in [0.25, 0.3) is 0 Å². The van der Waals surface area contributed by atoms with Crippen molar-refractivity contribution in [3.05, 3.63) is 23.8 Å². The monoisotopic (exact) mass is 319 g/mol. The Labute approximate surface area is 137 Å². The van der Waals surface area contributed by atoms with Crippen LogP contribution >= 0.6 is 0 Å². The minimum Gasteiger partial charge on any atom is -0.454 e. The third-order valence-electron chi connectivity index (χ3n) is 4.27. The summed E-state index contributed by atoms with van der Waals surface area (Å²) in [6, 6.07) is 6.10. The van der Waals surface area contributed by atoms with E-state index in [0.717, 1.165) is 57.2 Å². The van der Waals surface area contributed by atoms with Crippen LogP contribution in [0.15, 0.2) is 18.2 Å². The third-order valence-corrected chi connectivity index (χ3v) is 4.27. The Kier molecular flexibility index (Phi) is 5.35. The number of hydrogen-bond donors (Lipinski definition) is 1. The van der Waals surface area contributed by atoms with Crippen LogP contribution in [0.2, 0.25) is 0 Å². The van der Waals surface area contributed by atoms with Crippen LogP contribution < -0.4 is 14.8 Å². The lowest BCUT2D eigenvalue weighted by molar-refractivity contribution is -0.132. The highest BCUT2D eigenvalue weighted by molar-refractivity contribution is 5.78. The van der Waals surface area contributed by atoms with Crippen molar-refractivity contribution in [3.8, 4) is 11.5 Å². The van der Waals surface area contributed by atoms with Gasteiger partial charge in [0, 0.05) is 32.7 Å². The summed E-state index contributed by atoms with van der Waals surface area (Å²) in [4.78, 5) is 16.4. The molecular weight excluding hydrogens is 294 g/mol. The van der Waals surface area contributed by atoms with Gasteiger partial charge in [0.25, 0.3) is 0 Å². The minimum atomic E-state index is 0.209. The summed E-state index contributed by atoms with van der Waals surface area (Å²) < 4.78 is 10.8. The molecule has 2 aliphatic rings. The molecule has 2 heterocycles. The molecule has 6 heteroatoms. The number of rotatable bonds is 6. The highest BCUT2D eigenvalue weighted by atomic mass is 16.7. The second-order valence-corrected chi connectivity index (χ2v) is 6.02. The van der Waals surface area contributed by atoms with Gasteiger partial charge >= 0.3 is 0 Å². The first kappa shape index (κ1) is 16.1. The Morgan fingerprint density at radius 1 is 1.17 bits per heavy atom. The van der Waals surface area contributed by atoms with Crippen molar-refractivity contribution in [2.24, 2.45) is 0 Å². The molecule has 0 aliphatic carbocycles. The van der Waals surface area contributed by atoms with Gasteiger partial charge < -0.3 is 19.7 Å². The van der Waals surface area contributed by atoms with E-state index >= 15 is 0 Å². The van der Waals surface area contributed by atoms with Crippen LogP contribution in [-0.4, -0.2) is 61.8 Å². The molecule has 0 unspecified atom stereocenters. The Bertz CT molecular complexity index is 542. The normalized spacial score (nSPS) is 17.5. The molecule has 23 heavy (non-hydrogen) atoms. The lowest BCUT2D eigenvalue weighted by atomic mass is 10.1. The molecule has 6 nitrogen and oxygen atoms in total. The molecule has 1 N–H and O–H groups in total. The number of carbonyl (C=O) groups is 1. The van der Waals surface area contributed by atoms with E-state index < -0.39 is 0 Å². The molecule has 1 fully saturated rings. The van der Waals surface area contributed by atoms with Crippen molar-refractivity contribution in [2.75, 3.05) is 46.1 Å². The SMILES string of the molecule is CCCNCC(=O)N1CCN(Cc2ccc3c(c2)OCO3)CC1. The summed E-state index contributed by atoms with van der Waals surface area (Å²) in [6.45, 7) is 8.08. The second kappa shape index (κ2) is 7.66. The molecule has 1 amide bonds. The number of piperazine rings is 1. The van der Waals surface area contributed by atoms with Gasteiger partial charge in [-0.05, 0) is 30.7 Å². The van der Waals surface area contributed by atoms with Gasteiger partial charge in [-0.25, -0.2) is 0 Å². The number of hydrogen-bond acceptors (Lipinski definition) is 5. The molecule has 2 aliphatic heterocycles. The van der Waals surface area contributed by atoms with Crippen molar-refractivity contribution in [1.82, 2.24) is 15.1 Å². The molecular formula is C17H25N3O3. The number of nitrogens with one attached hydrogen (secondary N) is 1. The Balaban J connectivity index is 1.45. The lowest BCUT2D eigenvalue weighted by Gasteiger charge is -2.34.